The standard InChI is InChI=1S/C22H22N4O5S/c1-2-30-22(29)19-16-4-3-5-17(16)32-20(19)25-18(27)11-31-21(28)15-8-6-14(7-9-15)10-26-13-23-12-24-26/h6-9,12-13H,2-5,10-11H2,1H3,(H,25,27). The van der Waals surface area contributed by atoms with Crippen molar-refractivity contribution >= 4 is 34.2 Å². The average molecular weight is 455 g/mol. The number of anilines is 1. The number of thiophene rings is 1. The molecule has 2 heterocycles. The molecule has 2 aromatic heterocycles. The number of aromatic nitrogens is 3. The topological polar surface area (TPSA) is 112 Å². The van der Waals surface area contributed by atoms with Crippen molar-refractivity contribution in [1.29, 1.82) is 0 Å². The fourth-order valence-corrected chi connectivity index (χ4v) is 4.83. The summed E-state index contributed by atoms with van der Waals surface area (Å²) in [5, 5.41) is 7.19. The number of benzene rings is 1. The van der Waals surface area contributed by atoms with E-state index in [1.54, 1.807) is 42.2 Å². The van der Waals surface area contributed by atoms with E-state index in [1.807, 2.05) is 0 Å². The van der Waals surface area contributed by atoms with Gasteiger partial charge in [0.2, 0.25) is 0 Å². The van der Waals surface area contributed by atoms with Crippen molar-refractivity contribution in [2.75, 3.05) is 18.5 Å². The first-order chi connectivity index (χ1) is 15.5. The molecule has 3 aromatic rings. The first kappa shape index (κ1) is 21.7. The minimum atomic E-state index is -0.605. The molecule has 0 spiro atoms. The zero-order valence-corrected chi connectivity index (χ0v) is 18.3. The third-order valence-corrected chi connectivity index (χ3v) is 6.20. The minimum absolute atomic E-state index is 0.256. The van der Waals surface area contributed by atoms with Crippen molar-refractivity contribution < 1.29 is 23.9 Å². The Labute approximate surface area is 188 Å². The largest absolute Gasteiger partial charge is 0.462 e. The van der Waals surface area contributed by atoms with E-state index in [0.717, 1.165) is 35.3 Å². The number of carbonyl (C=O) groups excluding carboxylic acids is 3. The molecule has 1 aliphatic carbocycles. The Hall–Kier alpha value is -3.53. The summed E-state index contributed by atoms with van der Waals surface area (Å²) >= 11 is 1.38. The molecule has 10 heteroatoms. The van der Waals surface area contributed by atoms with Crippen LogP contribution >= 0.6 is 11.3 Å². The molecular formula is C22H22N4O5S. The lowest BCUT2D eigenvalue weighted by Crippen LogP contribution is -2.22. The van der Waals surface area contributed by atoms with Crippen LogP contribution in [0.4, 0.5) is 5.00 Å². The van der Waals surface area contributed by atoms with Crippen LogP contribution in [0.3, 0.4) is 0 Å². The summed E-state index contributed by atoms with van der Waals surface area (Å²) in [6.45, 7) is 2.07. The molecule has 0 aliphatic heterocycles. The highest BCUT2D eigenvalue weighted by Gasteiger charge is 2.28. The van der Waals surface area contributed by atoms with Crippen LogP contribution in [0.1, 0.15) is 50.1 Å². The summed E-state index contributed by atoms with van der Waals surface area (Å²) in [6.07, 6.45) is 5.71. The highest BCUT2D eigenvalue weighted by molar-refractivity contribution is 7.17. The van der Waals surface area contributed by atoms with Gasteiger partial charge in [-0.15, -0.1) is 11.3 Å². The summed E-state index contributed by atoms with van der Waals surface area (Å²) in [5.74, 6) is -1.55. The van der Waals surface area contributed by atoms with Crippen molar-refractivity contribution in [3.8, 4) is 0 Å². The highest BCUT2D eigenvalue weighted by Crippen LogP contribution is 2.39. The third kappa shape index (κ3) is 4.86. The number of fused-ring (bicyclic) bond motifs is 1. The van der Waals surface area contributed by atoms with E-state index >= 15 is 0 Å². The molecule has 1 N–H and O–H groups in total. The predicted molar refractivity (Wildman–Crippen MR) is 117 cm³/mol. The van der Waals surface area contributed by atoms with Gasteiger partial charge in [-0.2, -0.15) is 5.10 Å². The number of ether oxygens (including phenoxy) is 2. The quantitative estimate of drug-likeness (QED) is 0.521. The van der Waals surface area contributed by atoms with Gasteiger partial charge in [-0.25, -0.2) is 19.3 Å². The highest BCUT2D eigenvalue weighted by atomic mass is 32.1. The summed E-state index contributed by atoms with van der Waals surface area (Å²) in [6, 6.07) is 6.85. The summed E-state index contributed by atoms with van der Waals surface area (Å²) in [4.78, 5) is 42.1. The molecule has 1 aromatic carbocycles. The van der Waals surface area contributed by atoms with Crippen LogP contribution in [0, 0.1) is 0 Å². The molecule has 166 valence electrons. The molecule has 0 unspecified atom stereocenters. The number of nitrogens with zero attached hydrogens (tertiary/aromatic N) is 3. The molecule has 32 heavy (non-hydrogen) atoms. The molecule has 0 saturated carbocycles. The van der Waals surface area contributed by atoms with E-state index in [1.165, 1.54) is 17.7 Å². The number of amides is 1. The molecule has 0 bridgehead atoms. The summed E-state index contributed by atoms with van der Waals surface area (Å²) in [5.41, 5.74) is 2.66. The van der Waals surface area contributed by atoms with Gasteiger partial charge in [0, 0.05) is 4.88 Å². The van der Waals surface area contributed by atoms with Gasteiger partial charge >= 0.3 is 11.9 Å². The van der Waals surface area contributed by atoms with E-state index in [0.29, 0.717) is 22.7 Å². The Morgan fingerprint density at radius 2 is 1.94 bits per heavy atom. The second-order valence-corrected chi connectivity index (χ2v) is 8.30. The van der Waals surface area contributed by atoms with Crippen molar-refractivity contribution in [3.63, 3.8) is 0 Å². The number of hydrogen-bond acceptors (Lipinski definition) is 8. The van der Waals surface area contributed by atoms with E-state index in [-0.39, 0.29) is 6.61 Å². The van der Waals surface area contributed by atoms with Gasteiger partial charge < -0.3 is 14.8 Å². The second-order valence-electron chi connectivity index (χ2n) is 7.20. The van der Waals surface area contributed by atoms with Crippen LogP contribution in [0.2, 0.25) is 0 Å². The summed E-state index contributed by atoms with van der Waals surface area (Å²) in [7, 11) is 0. The Balaban J connectivity index is 1.34. The number of aryl methyl sites for hydroxylation is 1. The molecule has 0 saturated heterocycles. The van der Waals surface area contributed by atoms with Crippen molar-refractivity contribution in [3.05, 3.63) is 64.1 Å². The zero-order chi connectivity index (χ0) is 22.5. The Bertz CT molecular complexity index is 1120. The molecule has 9 nitrogen and oxygen atoms in total. The Morgan fingerprint density at radius 1 is 1.12 bits per heavy atom. The number of hydrogen-bond donors (Lipinski definition) is 1. The van der Waals surface area contributed by atoms with Crippen molar-refractivity contribution in [2.24, 2.45) is 0 Å². The Kier molecular flexibility index (Phi) is 6.60. The van der Waals surface area contributed by atoms with Crippen LogP contribution in [-0.4, -0.2) is 45.8 Å². The van der Waals surface area contributed by atoms with Crippen LogP contribution < -0.4 is 5.32 Å². The zero-order valence-electron chi connectivity index (χ0n) is 17.5. The average Bonchev–Trinajstić information content (AvgIpc) is 3.51. The van der Waals surface area contributed by atoms with Crippen LogP contribution in [-0.2, 0) is 33.7 Å². The van der Waals surface area contributed by atoms with Gasteiger partial charge in [-0.05, 0) is 49.4 Å². The molecular weight excluding hydrogens is 432 g/mol. The molecule has 1 amide bonds. The first-order valence-electron chi connectivity index (χ1n) is 10.2. The van der Waals surface area contributed by atoms with Gasteiger partial charge in [0.1, 0.15) is 17.7 Å². The fraction of sp³-hybridized carbons (Fsp3) is 0.318. The van der Waals surface area contributed by atoms with Gasteiger partial charge in [0.25, 0.3) is 5.91 Å². The number of esters is 2. The first-order valence-corrected chi connectivity index (χ1v) is 11.1. The van der Waals surface area contributed by atoms with Gasteiger partial charge in [-0.1, -0.05) is 12.1 Å². The molecule has 1 aliphatic rings. The number of nitrogens with one attached hydrogen (secondary N) is 1. The van der Waals surface area contributed by atoms with E-state index in [4.69, 9.17) is 9.47 Å². The van der Waals surface area contributed by atoms with Crippen LogP contribution in [0.25, 0.3) is 0 Å². The minimum Gasteiger partial charge on any atom is -0.462 e. The van der Waals surface area contributed by atoms with Crippen LogP contribution in [0.15, 0.2) is 36.9 Å². The van der Waals surface area contributed by atoms with Crippen molar-refractivity contribution in [1.82, 2.24) is 14.8 Å². The lowest BCUT2D eigenvalue weighted by Gasteiger charge is -2.09. The molecule has 0 fully saturated rings. The maximum atomic E-state index is 12.4. The lowest BCUT2D eigenvalue weighted by molar-refractivity contribution is -0.119. The lowest BCUT2D eigenvalue weighted by atomic mass is 10.1. The smallest absolute Gasteiger partial charge is 0.341 e. The van der Waals surface area contributed by atoms with E-state index in [9.17, 15) is 14.4 Å². The van der Waals surface area contributed by atoms with Gasteiger partial charge in [0.15, 0.2) is 6.61 Å². The maximum Gasteiger partial charge on any atom is 0.341 e. The molecule has 0 atom stereocenters. The van der Waals surface area contributed by atoms with Crippen molar-refractivity contribution in [2.45, 2.75) is 32.7 Å². The molecule has 4 rings (SSSR count). The maximum absolute atomic E-state index is 12.4. The second kappa shape index (κ2) is 9.73. The monoisotopic (exact) mass is 454 g/mol. The molecule has 0 radical (unpaired) electrons. The Morgan fingerprint density at radius 3 is 2.66 bits per heavy atom. The van der Waals surface area contributed by atoms with Crippen LogP contribution in [0.5, 0.6) is 0 Å². The number of rotatable bonds is 8. The van der Waals surface area contributed by atoms with Gasteiger partial charge in [0.05, 0.1) is 24.3 Å². The van der Waals surface area contributed by atoms with Gasteiger partial charge in [-0.3, -0.25) is 4.79 Å². The summed E-state index contributed by atoms with van der Waals surface area (Å²) < 4.78 is 12.0. The predicted octanol–water partition coefficient (Wildman–Crippen LogP) is 2.85. The number of carbonyl (C=O) groups is 3. The van der Waals surface area contributed by atoms with E-state index < -0.39 is 24.5 Å². The normalized spacial score (nSPS) is 12.3. The third-order valence-electron chi connectivity index (χ3n) is 4.99. The fourth-order valence-electron chi connectivity index (χ4n) is 3.54. The van der Waals surface area contributed by atoms with E-state index in [2.05, 4.69) is 15.4 Å². The SMILES string of the molecule is CCOC(=O)c1c(NC(=O)COC(=O)c2ccc(Cn3cncn3)cc2)sc2c1CCC2.